The summed E-state index contributed by atoms with van der Waals surface area (Å²) in [6, 6.07) is 6.04. The van der Waals surface area contributed by atoms with Gasteiger partial charge < -0.3 is 20.9 Å². The molecule has 5 amide bonds. The number of fused-ring (bicyclic) bond motifs is 1. The second kappa shape index (κ2) is 12.4. The van der Waals surface area contributed by atoms with Gasteiger partial charge in [-0.15, -0.1) is 6.58 Å². The number of hydrogen-bond acceptors (Lipinski definition) is 7. The molecule has 4 aliphatic rings. The van der Waals surface area contributed by atoms with Gasteiger partial charge in [-0.1, -0.05) is 45.0 Å². The predicted molar refractivity (Wildman–Crippen MR) is 178 cm³/mol. The lowest BCUT2D eigenvalue weighted by Crippen LogP contribution is -2.60. The highest BCUT2D eigenvalue weighted by molar-refractivity contribution is 7.91. The lowest BCUT2D eigenvalue weighted by molar-refractivity contribution is -0.144. The second-order valence-corrected chi connectivity index (χ2v) is 16.8. The number of amides is 5. The molecule has 3 aliphatic carbocycles. The van der Waals surface area contributed by atoms with E-state index in [9.17, 15) is 32.4 Å². The fourth-order valence-electron chi connectivity index (χ4n) is 6.57. The second-order valence-electron chi connectivity index (χ2n) is 14.8. The number of carbonyl (C=O) groups excluding carboxylic acids is 5. The van der Waals surface area contributed by atoms with E-state index in [1.165, 1.54) is 15.5 Å². The number of aromatic nitrogens is 1. The molecular weight excluding hydrogens is 636 g/mol. The highest BCUT2D eigenvalue weighted by Gasteiger charge is 2.62. The number of carbonyl (C=O) groups is 5. The molecule has 2 aromatic rings. The number of sulfonamides is 1. The lowest BCUT2D eigenvalue weighted by atomic mass is 9.85. The van der Waals surface area contributed by atoms with Gasteiger partial charge in [0.25, 0.3) is 5.91 Å². The van der Waals surface area contributed by atoms with Gasteiger partial charge in [-0.2, -0.15) is 0 Å². The van der Waals surface area contributed by atoms with Crippen molar-refractivity contribution in [1.82, 2.24) is 30.1 Å². The molecule has 1 aromatic heterocycles. The molecular formula is C34H44N6O7S. The number of nitrogens with one attached hydrogen (secondary N) is 4. The number of para-hydroxylation sites is 1. The van der Waals surface area contributed by atoms with Gasteiger partial charge in [0.05, 0.1) is 16.8 Å². The zero-order chi connectivity index (χ0) is 34.6. The minimum Gasteiger partial charge on any atom is -0.344 e. The van der Waals surface area contributed by atoms with E-state index in [1.54, 1.807) is 6.20 Å². The average Bonchev–Trinajstić information content (AvgIpc) is 3.96. The molecule has 1 saturated heterocycles. The smallest absolute Gasteiger partial charge is 0.326 e. The number of likely N-dealkylation sites (tertiary alicyclic amines) is 1. The van der Waals surface area contributed by atoms with Crippen LogP contribution in [-0.2, 0) is 29.2 Å². The molecule has 258 valence electrons. The monoisotopic (exact) mass is 680 g/mol. The van der Waals surface area contributed by atoms with Crippen molar-refractivity contribution in [3.8, 4) is 0 Å². The minimum atomic E-state index is -3.88. The lowest BCUT2D eigenvalue weighted by Gasteiger charge is -2.35. The van der Waals surface area contributed by atoms with Crippen LogP contribution < -0.4 is 20.7 Å². The first-order valence-electron chi connectivity index (χ1n) is 16.6. The van der Waals surface area contributed by atoms with Crippen LogP contribution in [0.4, 0.5) is 4.79 Å². The molecule has 0 spiro atoms. The van der Waals surface area contributed by atoms with Gasteiger partial charge in [0.2, 0.25) is 27.7 Å². The summed E-state index contributed by atoms with van der Waals surface area (Å²) in [4.78, 5) is 69.5. The summed E-state index contributed by atoms with van der Waals surface area (Å²) >= 11 is 0. The van der Waals surface area contributed by atoms with Crippen LogP contribution in [0.15, 0.2) is 49.2 Å². The van der Waals surface area contributed by atoms with E-state index in [-0.39, 0.29) is 25.3 Å². The van der Waals surface area contributed by atoms with Crippen molar-refractivity contribution in [1.29, 1.82) is 0 Å². The quantitative estimate of drug-likeness (QED) is 0.263. The van der Waals surface area contributed by atoms with Crippen LogP contribution >= 0.6 is 0 Å². The van der Waals surface area contributed by atoms with Crippen molar-refractivity contribution in [3.05, 3.63) is 49.2 Å². The van der Waals surface area contributed by atoms with E-state index in [4.69, 9.17) is 0 Å². The summed E-state index contributed by atoms with van der Waals surface area (Å²) in [5, 5.41) is 8.86. The van der Waals surface area contributed by atoms with E-state index in [0.29, 0.717) is 30.7 Å². The van der Waals surface area contributed by atoms with E-state index in [2.05, 4.69) is 27.3 Å². The third-order valence-electron chi connectivity index (χ3n) is 9.87. The third kappa shape index (κ3) is 6.85. The Morgan fingerprint density at radius 3 is 2.40 bits per heavy atom. The maximum absolute atomic E-state index is 14.3. The molecule has 2 unspecified atom stereocenters. The van der Waals surface area contributed by atoms with Gasteiger partial charge in [-0.3, -0.25) is 28.5 Å². The summed E-state index contributed by atoms with van der Waals surface area (Å²) in [6.45, 7) is 9.21. The summed E-state index contributed by atoms with van der Waals surface area (Å²) in [6.07, 6.45) is 6.51. The van der Waals surface area contributed by atoms with E-state index < -0.39 is 74.0 Å². The fraction of sp³-hybridized carbons (Fsp3) is 0.559. The summed E-state index contributed by atoms with van der Waals surface area (Å²) in [5.74, 6) is -2.43. The SMILES string of the molecule is C=CC1CC1(NC(=O)[C@@H]1C[C@@H](NC(=O)n2ccc3ccccc32)CN1C(=O)[C@@H](NC(=O)CC1CC1)C(C)(C)C)C(=O)NS(=O)(=O)C1CC1. The highest BCUT2D eigenvalue weighted by atomic mass is 32.2. The Labute approximate surface area is 280 Å². The molecule has 0 bridgehead atoms. The number of nitrogens with zero attached hydrogens (tertiary/aromatic N) is 2. The average molecular weight is 681 g/mol. The van der Waals surface area contributed by atoms with Crippen molar-refractivity contribution in [3.63, 3.8) is 0 Å². The predicted octanol–water partition coefficient (Wildman–Crippen LogP) is 2.17. The topological polar surface area (TPSA) is 176 Å². The summed E-state index contributed by atoms with van der Waals surface area (Å²) in [5.41, 5.74) is -1.56. The molecule has 3 saturated carbocycles. The molecule has 1 aromatic carbocycles. The van der Waals surface area contributed by atoms with Gasteiger partial charge in [-0.05, 0) is 62.0 Å². The van der Waals surface area contributed by atoms with Gasteiger partial charge in [0.15, 0.2) is 0 Å². The molecule has 14 heteroatoms. The maximum atomic E-state index is 14.3. The highest BCUT2D eigenvalue weighted by Crippen LogP contribution is 2.45. The first-order chi connectivity index (χ1) is 22.6. The van der Waals surface area contributed by atoms with Gasteiger partial charge >= 0.3 is 6.03 Å². The number of hydrogen-bond donors (Lipinski definition) is 4. The van der Waals surface area contributed by atoms with Crippen LogP contribution in [0.3, 0.4) is 0 Å². The molecule has 48 heavy (non-hydrogen) atoms. The van der Waals surface area contributed by atoms with Crippen LogP contribution in [0.25, 0.3) is 10.9 Å². The Bertz CT molecular complexity index is 1770. The first-order valence-corrected chi connectivity index (χ1v) is 18.1. The normalized spacial score (nSPS) is 26.0. The molecule has 6 rings (SSSR count). The van der Waals surface area contributed by atoms with Crippen molar-refractivity contribution < 1.29 is 32.4 Å². The first kappa shape index (κ1) is 33.7. The standard InChI is InChI=1S/C34H44N6O7S/c1-5-22-18-34(22,31(44)38-48(46,47)24-12-13-24)37-29(42)26-17-23(35-32(45)39-15-14-21-8-6-7-9-25(21)39)19-40(26)30(43)28(33(2,3)4)36-27(41)16-20-10-11-20/h5-9,14-15,20,22-24,26,28H,1,10-13,16-19H2,2-4H3,(H,35,45)(H,36,41)(H,37,42)(H,38,44)/t22?,23-,26+,28-,34?/m1/s1. The Morgan fingerprint density at radius 2 is 1.77 bits per heavy atom. The third-order valence-corrected chi connectivity index (χ3v) is 11.7. The molecule has 4 N–H and O–H groups in total. The van der Waals surface area contributed by atoms with Gasteiger partial charge in [-0.25, -0.2) is 13.2 Å². The molecule has 2 heterocycles. The van der Waals surface area contributed by atoms with Crippen molar-refractivity contribution in [2.75, 3.05) is 6.54 Å². The summed E-state index contributed by atoms with van der Waals surface area (Å²) < 4.78 is 28.8. The zero-order valence-corrected chi connectivity index (χ0v) is 28.3. The summed E-state index contributed by atoms with van der Waals surface area (Å²) in [7, 11) is -3.88. The van der Waals surface area contributed by atoms with Crippen molar-refractivity contribution in [2.45, 2.75) is 94.6 Å². The van der Waals surface area contributed by atoms with Crippen LogP contribution in [0, 0.1) is 17.3 Å². The van der Waals surface area contributed by atoms with Crippen LogP contribution in [0.2, 0.25) is 0 Å². The molecule has 4 fully saturated rings. The largest absolute Gasteiger partial charge is 0.344 e. The molecule has 5 atom stereocenters. The maximum Gasteiger partial charge on any atom is 0.326 e. The van der Waals surface area contributed by atoms with Crippen molar-refractivity contribution in [2.24, 2.45) is 17.3 Å². The zero-order valence-electron chi connectivity index (χ0n) is 27.5. The number of benzene rings is 1. The molecule has 0 radical (unpaired) electrons. The Hall–Kier alpha value is -4.20. The minimum absolute atomic E-state index is 0.0208. The van der Waals surface area contributed by atoms with Crippen LogP contribution in [0.5, 0.6) is 0 Å². The Morgan fingerprint density at radius 1 is 1.06 bits per heavy atom. The van der Waals surface area contributed by atoms with E-state index in [0.717, 1.165) is 18.2 Å². The van der Waals surface area contributed by atoms with Gasteiger partial charge in [0, 0.05) is 30.5 Å². The van der Waals surface area contributed by atoms with Gasteiger partial charge in [0.1, 0.15) is 17.6 Å². The Balaban J connectivity index is 1.25. The van der Waals surface area contributed by atoms with Crippen LogP contribution in [0.1, 0.15) is 65.7 Å². The fourth-order valence-corrected chi connectivity index (χ4v) is 7.94. The van der Waals surface area contributed by atoms with E-state index in [1.807, 2.05) is 51.1 Å². The number of rotatable bonds is 11. The van der Waals surface area contributed by atoms with E-state index >= 15 is 0 Å². The Kier molecular flexibility index (Phi) is 8.67. The molecule has 1 aliphatic heterocycles. The van der Waals surface area contributed by atoms with Crippen molar-refractivity contribution >= 4 is 50.6 Å². The molecule has 13 nitrogen and oxygen atoms in total. The van der Waals surface area contributed by atoms with Crippen LogP contribution in [-0.4, -0.2) is 83.0 Å².